The molecule has 4 heteroatoms. The Labute approximate surface area is 114 Å². The molecule has 0 aromatic heterocycles. The summed E-state index contributed by atoms with van der Waals surface area (Å²) in [5.74, 6) is -0.131. The number of benzene rings is 1. The number of anilines is 1. The van der Waals surface area contributed by atoms with Crippen molar-refractivity contribution >= 4 is 11.6 Å². The summed E-state index contributed by atoms with van der Waals surface area (Å²) in [7, 11) is 1.84. The normalized spacial score (nSPS) is 10.4. The Morgan fingerprint density at radius 2 is 2.21 bits per heavy atom. The van der Waals surface area contributed by atoms with Crippen molar-refractivity contribution in [1.29, 1.82) is 0 Å². The fourth-order valence-corrected chi connectivity index (χ4v) is 1.81. The standard InChI is InChI=1S/C15H21FN2O/c1-5-17-15(19)8-9-18(4)12-6-7-13(11(2)3)14(16)10-12/h5-7,10-11H,1,8-9H2,2-4H3,(H,17,19). The first kappa shape index (κ1) is 15.2. The quantitative estimate of drug-likeness (QED) is 0.856. The topological polar surface area (TPSA) is 32.3 Å². The zero-order valence-electron chi connectivity index (χ0n) is 11.7. The van der Waals surface area contributed by atoms with E-state index in [-0.39, 0.29) is 17.6 Å². The van der Waals surface area contributed by atoms with Gasteiger partial charge in [0, 0.05) is 25.7 Å². The summed E-state index contributed by atoms with van der Waals surface area (Å²) in [6, 6.07) is 5.19. The molecule has 1 amide bonds. The van der Waals surface area contributed by atoms with E-state index in [1.165, 1.54) is 12.3 Å². The van der Waals surface area contributed by atoms with Crippen molar-refractivity contribution in [2.75, 3.05) is 18.5 Å². The van der Waals surface area contributed by atoms with Gasteiger partial charge in [0.2, 0.25) is 5.91 Å². The molecule has 1 aromatic carbocycles. The van der Waals surface area contributed by atoms with Crippen LogP contribution in [-0.4, -0.2) is 19.5 Å². The molecule has 0 radical (unpaired) electrons. The smallest absolute Gasteiger partial charge is 0.225 e. The molecule has 0 saturated heterocycles. The molecule has 0 fully saturated rings. The van der Waals surface area contributed by atoms with E-state index in [1.54, 1.807) is 6.07 Å². The number of nitrogens with zero attached hydrogens (tertiary/aromatic N) is 1. The van der Waals surface area contributed by atoms with Gasteiger partial charge < -0.3 is 10.2 Å². The Kier molecular flexibility index (Phi) is 5.55. The van der Waals surface area contributed by atoms with E-state index < -0.39 is 0 Å². The molecule has 0 bridgehead atoms. The van der Waals surface area contributed by atoms with Crippen molar-refractivity contribution in [3.05, 3.63) is 42.4 Å². The van der Waals surface area contributed by atoms with Gasteiger partial charge in [0.15, 0.2) is 0 Å². The molecule has 19 heavy (non-hydrogen) atoms. The van der Waals surface area contributed by atoms with Gasteiger partial charge in [-0.15, -0.1) is 0 Å². The first-order valence-electron chi connectivity index (χ1n) is 6.36. The molecular weight excluding hydrogens is 243 g/mol. The minimum atomic E-state index is -0.199. The first-order chi connectivity index (χ1) is 8.95. The van der Waals surface area contributed by atoms with Gasteiger partial charge in [-0.3, -0.25) is 4.79 Å². The molecule has 3 nitrogen and oxygen atoms in total. The van der Waals surface area contributed by atoms with Gasteiger partial charge in [-0.25, -0.2) is 4.39 Å². The third-order valence-electron chi connectivity index (χ3n) is 2.98. The molecule has 104 valence electrons. The Balaban J connectivity index is 2.67. The van der Waals surface area contributed by atoms with E-state index in [9.17, 15) is 9.18 Å². The Morgan fingerprint density at radius 3 is 2.74 bits per heavy atom. The van der Waals surface area contributed by atoms with Crippen LogP contribution in [0.1, 0.15) is 31.7 Å². The molecule has 0 aliphatic rings. The molecule has 1 aromatic rings. The second-order valence-corrected chi connectivity index (χ2v) is 4.80. The summed E-state index contributed by atoms with van der Waals surface area (Å²) < 4.78 is 13.9. The highest BCUT2D eigenvalue weighted by atomic mass is 19.1. The van der Waals surface area contributed by atoms with Crippen molar-refractivity contribution in [2.24, 2.45) is 0 Å². The molecule has 0 aliphatic heterocycles. The summed E-state index contributed by atoms with van der Waals surface area (Å²) in [5, 5.41) is 2.51. The van der Waals surface area contributed by atoms with Crippen molar-refractivity contribution in [2.45, 2.75) is 26.2 Å². The maximum absolute atomic E-state index is 13.9. The molecule has 0 saturated carbocycles. The van der Waals surface area contributed by atoms with Crippen LogP contribution in [0.5, 0.6) is 0 Å². The summed E-state index contributed by atoms with van der Waals surface area (Å²) in [4.78, 5) is 13.2. The molecule has 0 unspecified atom stereocenters. The highest BCUT2D eigenvalue weighted by Crippen LogP contribution is 2.23. The van der Waals surface area contributed by atoms with Gasteiger partial charge in [-0.2, -0.15) is 0 Å². The molecular formula is C15H21FN2O. The van der Waals surface area contributed by atoms with Gasteiger partial charge in [0.05, 0.1) is 0 Å². The van der Waals surface area contributed by atoms with Crippen molar-refractivity contribution in [1.82, 2.24) is 5.32 Å². The highest BCUT2D eigenvalue weighted by Gasteiger charge is 2.10. The predicted molar refractivity (Wildman–Crippen MR) is 76.7 cm³/mol. The van der Waals surface area contributed by atoms with E-state index in [0.717, 1.165) is 5.69 Å². The Morgan fingerprint density at radius 1 is 1.53 bits per heavy atom. The van der Waals surface area contributed by atoms with Crippen LogP contribution in [0.25, 0.3) is 0 Å². The fraction of sp³-hybridized carbons (Fsp3) is 0.400. The van der Waals surface area contributed by atoms with Crippen LogP contribution in [0, 0.1) is 5.82 Å². The lowest BCUT2D eigenvalue weighted by Gasteiger charge is -2.20. The third kappa shape index (κ3) is 4.39. The molecule has 0 atom stereocenters. The number of hydrogen-bond acceptors (Lipinski definition) is 2. The van der Waals surface area contributed by atoms with Crippen molar-refractivity contribution in [3.63, 3.8) is 0 Å². The van der Waals surface area contributed by atoms with E-state index >= 15 is 0 Å². The molecule has 1 rings (SSSR count). The predicted octanol–water partition coefficient (Wildman–Crippen LogP) is 3.04. The maximum atomic E-state index is 13.9. The number of amides is 1. The van der Waals surface area contributed by atoms with Crippen LogP contribution in [0.2, 0.25) is 0 Å². The molecule has 0 heterocycles. The zero-order chi connectivity index (χ0) is 14.4. The SMILES string of the molecule is C=CNC(=O)CCN(C)c1ccc(C(C)C)c(F)c1. The average molecular weight is 264 g/mol. The largest absolute Gasteiger partial charge is 0.374 e. The summed E-state index contributed by atoms with van der Waals surface area (Å²) in [6.45, 7) is 7.88. The number of halogens is 1. The molecule has 0 aliphatic carbocycles. The van der Waals surface area contributed by atoms with Gasteiger partial charge >= 0.3 is 0 Å². The van der Waals surface area contributed by atoms with Crippen LogP contribution in [0.15, 0.2) is 31.0 Å². The Bertz CT molecular complexity index is 457. The van der Waals surface area contributed by atoms with Gasteiger partial charge in [0.1, 0.15) is 5.82 Å². The number of carbonyl (C=O) groups excluding carboxylic acids is 1. The maximum Gasteiger partial charge on any atom is 0.225 e. The zero-order valence-corrected chi connectivity index (χ0v) is 11.7. The molecule has 1 N–H and O–H groups in total. The van der Waals surface area contributed by atoms with Crippen LogP contribution in [-0.2, 0) is 4.79 Å². The van der Waals surface area contributed by atoms with Crippen LogP contribution in [0.4, 0.5) is 10.1 Å². The monoisotopic (exact) mass is 264 g/mol. The van der Waals surface area contributed by atoms with E-state index in [0.29, 0.717) is 18.5 Å². The van der Waals surface area contributed by atoms with Crippen LogP contribution >= 0.6 is 0 Å². The lowest BCUT2D eigenvalue weighted by atomic mass is 10.0. The fourth-order valence-electron chi connectivity index (χ4n) is 1.81. The lowest BCUT2D eigenvalue weighted by molar-refractivity contribution is -0.119. The van der Waals surface area contributed by atoms with Gasteiger partial charge in [-0.1, -0.05) is 26.5 Å². The second kappa shape index (κ2) is 6.92. The molecule has 0 spiro atoms. The first-order valence-corrected chi connectivity index (χ1v) is 6.36. The second-order valence-electron chi connectivity index (χ2n) is 4.80. The third-order valence-corrected chi connectivity index (χ3v) is 2.98. The van der Waals surface area contributed by atoms with E-state index in [2.05, 4.69) is 11.9 Å². The van der Waals surface area contributed by atoms with Gasteiger partial charge in [0.25, 0.3) is 0 Å². The van der Waals surface area contributed by atoms with E-state index in [4.69, 9.17) is 0 Å². The van der Waals surface area contributed by atoms with Crippen molar-refractivity contribution in [3.8, 4) is 0 Å². The minimum Gasteiger partial charge on any atom is -0.374 e. The minimum absolute atomic E-state index is 0.0962. The van der Waals surface area contributed by atoms with Crippen molar-refractivity contribution < 1.29 is 9.18 Å². The number of nitrogens with one attached hydrogen (secondary N) is 1. The summed E-state index contributed by atoms with van der Waals surface area (Å²) >= 11 is 0. The Hall–Kier alpha value is -1.84. The number of hydrogen-bond donors (Lipinski definition) is 1. The number of carbonyl (C=O) groups is 1. The highest BCUT2D eigenvalue weighted by molar-refractivity contribution is 5.77. The summed E-state index contributed by atoms with van der Waals surface area (Å²) in [6.07, 6.45) is 1.70. The van der Waals surface area contributed by atoms with Crippen LogP contribution < -0.4 is 10.2 Å². The number of rotatable bonds is 6. The van der Waals surface area contributed by atoms with Gasteiger partial charge in [-0.05, 0) is 29.8 Å². The lowest BCUT2D eigenvalue weighted by Crippen LogP contribution is -2.25. The average Bonchev–Trinajstić information content (AvgIpc) is 2.35. The van der Waals surface area contributed by atoms with E-state index in [1.807, 2.05) is 31.9 Å². The summed E-state index contributed by atoms with van der Waals surface area (Å²) in [5.41, 5.74) is 1.48. The van der Waals surface area contributed by atoms with Crippen LogP contribution in [0.3, 0.4) is 0 Å².